The number of nitrogens with zero attached hydrogens (tertiary/aromatic N) is 4. The van der Waals surface area contributed by atoms with Crippen molar-refractivity contribution >= 4 is 17.7 Å². The first-order valence-electron chi connectivity index (χ1n) is 8.67. The highest BCUT2D eigenvalue weighted by molar-refractivity contribution is 5.66. The van der Waals surface area contributed by atoms with Crippen molar-refractivity contribution in [1.29, 1.82) is 5.26 Å². The molecule has 1 aliphatic carbocycles. The first-order valence-corrected chi connectivity index (χ1v) is 8.67. The van der Waals surface area contributed by atoms with E-state index in [2.05, 4.69) is 26.6 Å². The molecule has 1 aliphatic rings. The highest BCUT2D eigenvalue weighted by Crippen LogP contribution is 2.37. The lowest BCUT2D eigenvalue weighted by Gasteiger charge is -2.30. The topological polar surface area (TPSA) is 118 Å². The molecule has 0 spiro atoms. The monoisotopic (exact) mass is 354 g/mol. The summed E-state index contributed by atoms with van der Waals surface area (Å²) >= 11 is 0. The predicted octanol–water partition coefficient (Wildman–Crippen LogP) is 3.44. The summed E-state index contributed by atoms with van der Waals surface area (Å²) in [7, 11) is 0. The number of carbonyl (C=O) groups is 1. The second-order valence-electron chi connectivity index (χ2n) is 6.82. The number of amides is 1. The SMILES string of the molecule is CC(C)N(C(=O)O)C1CC[C@H](c2cc(Nc3cc(C#N)ccn3)n[nH]2)C1. The van der Waals surface area contributed by atoms with Gasteiger partial charge in [-0.1, -0.05) is 0 Å². The summed E-state index contributed by atoms with van der Waals surface area (Å²) in [5.74, 6) is 1.44. The van der Waals surface area contributed by atoms with Crippen LogP contribution in [0.5, 0.6) is 0 Å². The Bertz CT molecular complexity index is 825. The van der Waals surface area contributed by atoms with Crippen LogP contribution in [0, 0.1) is 11.3 Å². The summed E-state index contributed by atoms with van der Waals surface area (Å²) in [5.41, 5.74) is 1.51. The minimum absolute atomic E-state index is 0.0335. The average Bonchev–Trinajstić information content (AvgIpc) is 3.24. The Hall–Kier alpha value is -3.08. The quantitative estimate of drug-likeness (QED) is 0.757. The number of H-pyrrole nitrogens is 1. The highest BCUT2D eigenvalue weighted by Gasteiger charge is 2.34. The fraction of sp³-hybridized carbons (Fsp3) is 0.444. The molecule has 1 unspecified atom stereocenters. The van der Waals surface area contributed by atoms with Gasteiger partial charge in [0.2, 0.25) is 0 Å². The molecule has 2 heterocycles. The number of hydrogen-bond donors (Lipinski definition) is 3. The van der Waals surface area contributed by atoms with Crippen LogP contribution in [-0.2, 0) is 0 Å². The maximum atomic E-state index is 11.5. The zero-order valence-electron chi connectivity index (χ0n) is 14.8. The molecule has 3 rings (SSSR count). The van der Waals surface area contributed by atoms with E-state index in [0.29, 0.717) is 17.2 Å². The Kier molecular flexibility index (Phi) is 5.07. The molecule has 2 aromatic rings. The molecule has 0 aromatic carbocycles. The van der Waals surface area contributed by atoms with Crippen molar-refractivity contribution in [3.05, 3.63) is 35.7 Å². The van der Waals surface area contributed by atoms with Crippen molar-refractivity contribution < 1.29 is 9.90 Å². The molecule has 8 heteroatoms. The fourth-order valence-electron chi connectivity index (χ4n) is 3.60. The van der Waals surface area contributed by atoms with Crippen LogP contribution in [0.1, 0.15) is 50.3 Å². The summed E-state index contributed by atoms with van der Waals surface area (Å²) in [6, 6.07) is 7.30. The smallest absolute Gasteiger partial charge is 0.407 e. The van der Waals surface area contributed by atoms with Gasteiger partial charge in [-0.3, -0.25) is 5.10 Å². The Labute approximate surface area is 151 Å². The molecule has 0 saturated heterocycles. The van der Waals surface area contributed by atoms with Crippen LogP contribution < -0.4 is 5.32 Å². The lowest BCUT2D eigenvalue weighted by atomic mass is 10.0. The molecule has 0 radical (unpaired) electrons. The number of nitrogens with one attached hydrogen (secondary N) is 2. The van der Waals surface area contributed by atoms with Gasteiger partial charge < -0.3 is 15.3 Å². The largest absolute Gasteiger partial charge is 0.465 e. The number of rotatable bonds is 5. The number of hydrogen-bond acceptors (Lipinski definition) is 5. The van der Waals surface area contributed by atoms with Crippen LogP contribution >= 0.6 is 0 Å². The molecule has 1 amide bonds. The van der Waals surface area contributed by atoms with E-state index in [-0.39, 0.29) is 18.0 Å². The number of carboxylic acid groups (broad SMARTS) is 1. The van der Waals surface area contributed by atoms with E-state index in [0.717, 1.165) is 25.0 Å². The summed E-state index contributed by atoms with van der Waals surface area (Å²) in [6.07, 6.45) is 3.27. The van der Waals surface area contributed by atoms with Crippen LogP contribution in [0.15, 0.2) is 24.4 Å². The first kappa shape index (κ1) is 17.7. The maximum Gasteiger partial charge on any atom is 0.407 e. The zero-order valence-corrected chi connectivity index (χ0v) is 14.8. The predicted molar refractivity (Wildman–Crippen MR) is 96.2 cm³/mol. The maximum absolute atomic E-state index is 11.5. The van der Waals surface area contributed by atoms with E-state index < -0.39 is 6.09 Å². The Morgan fingerprint density at radius 1 is 1.42 bits per heavy atom. The van der Waals surface area contributed by atoms with Crippen LogP contribution in [0.4, 0.5) is 16.4 Å². The second kappa shape index (κ2) is 7.44. The lowest BCUT2D eigenvalue weighted by molar-refractivity contribution is 0.108. The van der Waals surface area contributed by atoms with E-state index in [1.54, 1.807) is 23.2 Å². The van der Waals surface area contributed by atoms with Crippen molar-refractivity contribution in [1.82, 2.24) is 20.1 Å². The van der Waals surface area contributed by atoms with Crippen molar-refractivity contribution in [2.45, 2.75) is 51.1 Å². The molecular formula is C18H22N6O2. The van der Waals surface area contributed by atoms with E-state index in [1.165, 1.54) is 0 Å². The van der Waals surface area contributed by atoms with Crippen LogP contribution in [-0.4, -0.2) is 43.4 Å². The Morgan fingerprint density at radius 2 is 2.23 bits per heavy atom. The van der Waals surface area contributed by atoms with Gasteiger partial charge in [0.1, 0.15) is 5.82 Å². The summed E-state index contributed by atoms with van der Waals surface area (Å²) < 4.78 is 0. The number of aromatic nitrogens is 3. The van der Waals surface area contributed by atoms with Crippen LogP contribution in [0.25, 0.3) is 0 Å². The lowest BCUT2D eigenvalue weighted by Crippen LogP contribution is -2.42. The molecule has 2 aromatic heterocycles. The van der Waals surface area contributed by atoms with E-state index in [1.807, 2.05) is 19.9 Å². The average molecular weight is 354 g/mol. The minimum atomic E-state index is -0.860. The molecule has 0 bridgehead atoms. The third kappa shape index (κ3) is 3.77. The zero-order chi connectivity index (χ0) is 18.7. The normalized spacial score (nSPS) is 19.3. The van der Waals surface area contributed by atoms with Crippen molar-refractivity contribution in [3.63, 3.8) is 0 Å². The fourth-order valence-corrected chi connectivity index (χ4v) is 3.60. The Balaban J connectivity index is 1.67. The van der Waals surface area contributed by atoms with Gasteiger partial charge in [-0.05, 0) is 45.2 Å². The highest BCUT2D eigenvalue weighted by atomic mass is 16.4. The van der Waals surface area contributed by atoms with Gasteiger partial charge in [-0.15, -0.1) is 0 Å². The third-order valence-electron chi connectivity index (χ3n) is 4.76. The molecule has 1 saturated carbocycles. The molecule has 0 aliphatic heterocycles. The van der Waals surface area contributed by atoms with Crippen LogP contribution in [0.2, 0.25) is 0 Å². The third-order valence-corrected chi connectivity index (χ3v) is 4.76. The van der Waals surface area contributed by atoms with Crippen molar-refractivity contribution in [3.8, 4) is 6.07 Å². The number of aromatic amines is 1. The van der Waals surface area contributed by atoms with Gasteiger partial charge in [0.25, 0.3) is 0 Å². The summed E-state index contributed by atoms with van der Waals surface area (Å²) in [6.45, 7) is 3.81. The standard InChI is InChI=1S/C18H22N6O2/c1-11(2)24(18(25)26)14-4-3-13(8-14)15-9-17(23-22-15)21-16-7-12(10-19)5-6-20-16/h5-7,9,11,13-14H,3-4,8H2,1-2H3,(H,25,26)(H2,20,21,22,23)/t13-,14?/m0/s1. The van der Waals surface area contributed by atoms with E-state index in [4.69, 9.17) is 5.26 Å². The van der Waals surface area contributed by atoms with Gasteiger partial charge >= 0.3 is 6.09 Å². The molecule has 1 fully saturated rings. The van der Waals surface area contributed by atoms with Crippen molar-refractivity contribution in [2.75, 3.05) is 5.32 Å². The van der Waals surface area contributed by atoms with Gasteiger partial charge in [-0.25, -0.2) is 9.78 Å². The number of nitriles is 1. The second-order valence-corrected chi connectivity index (χ2v) is 6.82. The van der Waals surface area contributed by atoms with Gasteiger partial charge in [0, 0.05) is 36.0 Å². The van der Waals surface area contributed by atoms with Gasteiger partial charge in [0.05, 0.1) is 11.6 Å². The first-order chi connectivity index (χ1) is 12.5. The molecule has 3 N–H and O–H groups in total. The van der Waals surface area contributed by atoms with Gasteiger partial charge in [0.15, 0.2) is 5.82 Å². The molecule has 8 nitrogen and oxygen atoms in total. The molecular weight excluding hydrogens is 332 g/mol. The Morgan fingerprint density at radius 3 is 2.92 bits per heavy atom. The van der Waals surface area contributed by atoms with Gasteiger partial charge in [-0.2, -0.15) is 10.4 Å². The minimum Gasteiger partial charge on any atom is -0.465 e. The summed E-state index contributed by atoms with van der Waals surface area (Å²) in [4.78, 5) is 17.2. The molecule has 2 atom stereocenters. The number of pyridine rings is 1. The summed E-state index contributed by atoms with van der Waals surface area (Å²) in [5, 5.41) is 28.8. The van der Waals surface area contributed by atoms with Crippen LogP contribution in [0.3, 0.4) is 0 Å². The molecule has 26 heavy (non-hydrogen) atoms. The number of anilines is 2. The van der Waals surface area contributed by atoms with E-state index >= 15 is 0 Å². The molecule has 136 valence electrons. The van der Waals surface area contributed by atoms with E-state index in [9.17, 15) is 9.90 Å². The van der Waals surface area contributed by atoms with Crippen molar-refractivity contribution in [2.24, 2.45) is 0 Å².